The van der Waals surface area contributed by atoms with Crippen molar-refractivity contribution >= 4 is 5.91 Å². The minimum atomic E-state index is -0.275. The number of amides is 1. The largest absolute Gasteiger partial charge is 0.493 e. The van der Waals surface area contributed by atoms with Crippen molar-refractivity contribution in [3.05, 3.63) is 52.8 Å². The summed E-state index contributed by atoms with van der Waals surface area (Å²) in [6.45, 7) is 14.0. The highest BCUT2D eigenvalue weighted by atomic mass is 16.5. The lowest BCUT2D eigenvalue weighted by Gasteiger charge is -2.20. The van der Waals surface area contributed by atoms with E-state index in [1.165, 1.54) is 11.1 Å². The Morgan fingerprint density at radius 2 is 1.77 bits per heavy atom. The quantitative estimate of drug-likeness (QED) is 0.233. The standard InChI is InChI=1S/C32H43N3O4/c1-6-9-15-37-27-19-28(38-16-10-7-2)26(18-25(27)21(4)5)30-29(31(39-35-30)32(36)34-8-3)23-11-12-24-20-33-14-13-22(24)17-23/h11-12,17-19,21,33H,6-10,13-16,20H2,1-5H3,(H,34,36). The number of rotatable bonds is 13. The summed E-state index contributed by atoms with van der Waals surface area (Å²) in [4.78, 5) is 13.1. The summed E-state index contributed by atoms with van der Waals surface area (Å²) in [6.07, 6.45) is 4.96. The fraction of sp³-hybridized carbons (Fsp3) is 0.500. The molecule has 2 aromatic carbocycles. The summed E-state index contributed by atoms with van der Waals surface area (Å²) in [7, 11) is 0. The number of carbonyl (C=O) groups is 1. The Labute approximate surface area is 232 Å². The maximum absolute atomic E-state index is 13.1. The van der Waals surface area contributed by atoms with E-state index in [1.807, 2.05) is 13.0 Å². The van der Waals surface area contributed by atoms with Gasteiger partial charge in [-0.3, -0.25) is 4.79 Å². The van der Waals surface area contributed by atoms with Gasteiger partial charge in [-0.05, 0) is 67.0 Å². The molecule has 4 rings (SSSR count). The molecular weight excluding hydrogens is 490 g/mol. The summed E-state index contributed by atoms with van der Waals surface area (Å²) in [5.74, 6) is 1.69. The van der Waals surface area contributed by atoms with Crippen LogP contribution in [0.1, 0.15) is 93.5 Å². The Hall–Kier alpha value is -3.32. The van der Waals surface area contributed by atoms with Gasteiger partial charge in [-0.15, -0.1) is 0 Å². The Morgan fingerprint density at radius 1 is 1.03 bits per heavy atom. The summed E-state index contributed by atoms with van der Waals surface area (Å²) >= 11 is 0. The van der Waals surface area contributed by atoms with Crippen molar-refractivity contribution in [2.24, 2.45) is 0 Å². The molecule has 0 fully saturated rings. The van der Waals surface area contributed by atoms with E-state index in [4.69, 9.17) is 14.0 Å². The second kappa shape index (κ2) is 13.7. The van der Waals surface area contributed by atoms with Crippen LogP contribution in [-0.4, -0.2) is 37.4 Å². The number of unbranched alkanes of at least 4 members (excludes halogenated alkanes) is 2. The first kappa shape index (κ1) is 28.7. The third-order valence-corrected chi connectivity index (χ3v) is 7.12. The Morgan fingerprint density at radius 3 is 2.46 bits per heavy atom. The smallest absolute Gasteiger partial charge is 0.290 e. The predicted octanol–water partition coefficient (Wildman–Crippen LogP) is 6.89. The van der Waals surface area contributed by atoms with Gasteiger partial charge in [0.1, 0.15) is 17.2 Å². The van der Waals surface area contributed by atoms with E-state index in [0.717, 1.165) is 67.6 Å². The van der Waals surface area contributed by atoms with Gasteiger partial charge in [0, 0.05) is 24.7 Å². The number of nitrogens with zero attached hydrogens (tertiary/aromatic N) is 1. The lowest BCUT2D eigenvalue weighted by Crippen LogP contribution is -2.24. The molecule has 0 radical (unpaired) electrons. The number of ether oxygens (including phenoxy) is 2. The van der Waals surface area contributed by atoms with Crippen LogP contribution in [0, 0.1) is 0 Å². The van der Waals surface area contributed by atoms with Crippen LogP contribution < -0.4 is 20.1 Å². The van der Waals surface area contributed by atoms with Crippen molar-refractivity contribution in [2.75, 3.05) is 26.3 Å². The number of hydrogen-bond donors (Lipinski definition) is 2. The second-order valence-electron chi connectivity index (χ2n) is 10.4. The van der Waals surface area contributed by atoms with Crippen LogP contribution in [0.2, 0.25) is 0 Å². The van der Waals surface area contributed by atoms with E-state index in [9.17, 15) is 4.79 Å². The number of nitrogens with one attached hydrogen (secondary N) is 2. The maximum Gasteiger partial charge on any atom is 0.290 e. The van der Waals surface area contributed by atoms with Crippen LogP contribution in [0.25, 0.3) is 22.4 Å². The SMILES string of the molecule is CCCCOc1cc(OCCCC)c(C(C)C)cc1-c1noc(C(=O)NCC)c1-c1ccc2c(c1)CCNC2. The topological polar surface area (TPSA) is 85.6 Å². The van der Waals surface area contributed by atoms with Crippen LogP contribution in [0.15, 0.2) is 34.9 Å². The van der Waals surface area contributed by atoms with E-state index in [0.29, 0.717) is 36.8 Å². The molecule has 3 aromatic rings. The lowest BCUT2D eigenvalue weighted by molar-refractivity contribution is 0.0920. The van der Waals surface area contributed by atoms with Gasteiger partial charge in [-0.2, -0.15) is 0 Å². The van der Waals surface area contributed by atoms with E-state index < -0.39 is 0 Å². The number of fused-ring (bicyclic) bond motifs is 1. The minimum Gasteiger partial charge on any atom is -0.493 e. The van der Waals surface area contributed by atoms with Gasteiger partial charge in [0.2, 0.25) is 5.76 Å². The molecule has 0 saturated carbocycles. The first-order chi connectivity index (χ1) is 19.0. The molecule has 0 atom stereocenters. The highest BCUT2D eigenvalue weighted by Gasteiger charge is 2.28. The molecule has 2 N–H and O–H groups in total. The summed E-state index contributed by atoms with van der Waals surface area (Å²) in [5.41, 5.74) is 6.67. The average Bonchev–Trinajstić information content (AvgIpc) is 3.38. The van der Waals surface area contributed by atoms with Crippen LogP contribution >= 0.6 is 0 Å². The van der Waals surface area contributed by atoms with E-state index in [1.54, 1.807) is 0 Å². The van der Waals surface area contributed by atoms with Crippen LogP contribution in [-0.2, 0) is 13.0 Å². The van der Waals surface area contributed by atoms with Gasteiger partial charge in [0.05, 0.1) is 18.8 Å². The first-order valence-electron chi connectivity index (χ1n) is 14.5. The third-order valence-electron chi connectivity index (χ3n) is 7.12. The van der Waals surface area contributed by atoms with Crippen LogP contribution in [0.3, 0.4) is 0 Å². The minimum absolute atomic E-state index is 0.217. The van der Waals surface area contributed by atoms with Gasteiger partial charge in [0.15, 0.2) is 0 Å². The maximum atomic E-state index is 13.1. The van der Waals surface area contributed by atoms with Crippen molar-refractivity contribution in [1.29, 1.82) is 0 Å². The molecule has 39 heavy (non-hydrogen) atoms. The number of hydrogen-bond acceptors (Lipinski definition) is 6. The summed E-state index contributed by atoms with van der Waals surface area (Å²) in [6, 6.07) is 10.5. The fourth-order valence-corrected chi connectivity index (χ4v) is 4.88. The molecule has 0 bridgehead atoms. The Kier molecular flexibility index (Phi) is 10.0. The monoisotopic (exact) mass is 533 g/mol. The molecule has 1 amide bonds. The zero-order valence-corrected chi connectivity index (χ0v) is 24.1. The lowest BCUT2D eigenvalue weighted by atomic mass is 9.91. The third kappa shape index (κ3) is 6.64. The molecule has 7 nitrogen and oxygen atoms in total. The highest BCUT2D eigenvalue weighted by molar-refractivity contribution is 6.02. The fourth-order valence-electron chi connectivity index (χ4n) is 4.88. The molecule has 1 aliphatic rings. The first-order valence-corrected chi connectivity index (χ1v) is 14.5. The molecule has 2 heterocycles. The number of benzene rings is 2. The Bertz CT molecular complexity index is 1260. The number of aromatic nitrogens is 1. The van der Waals surface area contributed by atoms with Gasteiger partial charge in [-0.1, -0.05) is 63.9 Å². The van der Waals surface area contributed by atoms with Crippen LogP contribution in [0.5, 0.6) is 11.5 Å². The van der Waals surface area contributed by atoms with E-state index in [2.05, 4.69) is 67.8 Å². The highest BCUT2D eigenvalue weighted by Crippen LogP contribution is 2.44. The predicted molar refractivity (Wildman–Crippen MR) is 156 cm³/mol. The van der Waals surface area contributed by atoms with Gasteiger partial charge in [-0.25, -0.2) is 0 Å². The number of carbonyl (C=O) groups excluding carboxylic acids is 1. The summed E-state index contributed by atoms with van der Waals surface area (Å²) < 4.78 is 18.4. The molecule has 210 valence electrons. The second-order valence-corrected chi connectivity index (χ2v) is 10.4. The molecule has 0 unspecified atom stereocenters. The van der Waals surface area contributed by atoms with Crippen molar-refractivity contribution in [1.82, 2.24) is 15.8 Å². The van der Waals surface area contributed by atoms with Crippen molar-refractivity contribution < 1.29 is 18.8 Å². The van der Waals surface area contributed by atoms with Crippen LogP contribution in [0.4, 0.5) is 0 Å². The molecule has 0 aliphatic carbocycles. The van der Waals surface area contributed by atoms with Crippen molar-refractivity contribution in [2.45, 2.75) is 79.2 Å². The normalized spacial score (nSPS) is 12.9. The molecule has 1 aromatic heterocycles. The van der Waals surface area contributed by atoms with E-state index in [-0.39, 0.29) is 17.6 Å². The molecule has 0 spiro atoms. The zero-order valence-electron chi connectivity index (χ0n) is 24.1. The van der Waals surface area contributed by atoms with Gasteiger partial charge in [0.25, 0.3) is 5.91 Å². The zero-order chi connectivity index (χ0) is 27.8. The molecule has 0 saturated heterocycles. The Balaban J connectivity index is 1.90. The van der Waals surface area contributed by atoms with Crippen molar-refractivity contribution in [3.63, 3.8) is 0 Å². The van der Waals surface area contributed by atoms with Gasteiger partial charge < -0.3 is 24.6 Å². The van der Waals surface area contributed by atoms with E-state index >= 15 is 0 Å². The average molecular weight is 534 g/mol. The van der Waals surface area contributed by atoms with Crippen molar-refractivity contribution in [3.8, 4) is 33.9 Å². The molecular formula is C32H43N3O4. The summed E-state index contributed by atoms with van der Waals surface area (Å²) in [5, 5.41) is 10.8. The van der Waals surface area contributed by atoms with Gasteiger partial charge >= 0.3 is 0 Å². The molecule has 1 aliphatic heterocycles. The molecule has 7 heteroatoms.